The van der Waals surface area contributed by atoms with Crippen LogP contribution in [0.2, 0.25) is 0 Å². The van der Waals surface area contributed by atoms with Crippen LogP contribution in [0.5, 0.6) is 0 Å². The molecule has 1 heterocycles. The molecule has 18 heavy (non-hydrogen) atoms. The number of carbonyl (C=O) groups is 1. The molecule has 7 nitrogen and oxygen atoms in total. The first kappa shape index (κ1) is 12.8. The first-order valence-electron chi connectivity index (χ1n) is 5.45. The van der Waals surface area contributed by atoms with E-state index in [-0.39, 0.29) is 5.95 Å². The van der Waals surface area contributed by atoms with Gasteiger partial charge in [-0.2, -0.15) is 0 Å². The molecule has 1 aliphatic rings. The zero-order chi connectivity index (χ0) is 13.2. The topological polar surface area (TPSA) is 81.9 Å². The molecule has 1 N–H and O–H groups in total. The van der Waals surface area contributed by atoms with E-state index in [4.69, 9.17) is 4.74 Å². The van der Waals surface area contributed by atoms with E-state index in [2.05, 4.69) is 20.8 Å². The molecule has 0 unspecified atom stereocenters. The van der Waals surface area contributed by atoms with Gasteiger partial charge in [-0.05, 0) is 10.4 Å². The maximum absolute atomic E-state index is 12.6. The van der Waals surface area contributed by atoms with Crippen molar-refractivity contribution in [3.63, 3.8) is 0 Å². The zero-order valence-electron chi connectivity index (χ0n) is 9.77. The Balaban J connectivity index is 1.89. The molecule has 0 spiro atoms. The largest absolute Gasteiger partial charge is 0.383 e. The van der Waals surface area contributed by atoms with E-state index in [1.165, 1.54) is 11.8 Å². The quantitative estimate of drug-likeness (QED) is 0.824. The highest BCUT2D eigenvalue weighted by Gasteiger charge is 2.48. The molecule has 0 bridgehead atoms. The number of ether oxygens (including phenoxy) is 1. The fraction of sp³-hybridized carbons (Fsp3) is 0.778. The van der Waals surface area contributed by atoms with E-state index in [0.717, 1.165) is 0 Å². The van der Waals surface area contributed by atoms with Crippen LogP contribution in [-0.2, 0) is 16.1 Å². The summed E-state index contributed by atoms with van der Waals surface area (Å²) >= 11 is 0. The predicted octanol–water partition coefficient (Wildman–Crippen LogP) is 0.303. The van der Waals surface area contributed by atoms with Gasteiger partial charge in [-0.25, -0.2) is 13.5 Å². The minimum atomic E-state index is -2.72. The second kappa shape index (κ2) is 4.92. The van der Waals surface area contributed by atoms with E-state index in [1.54, 1.807) is 0 Å². The van der Waals surface area contributed by atoms with Crippen molar-refractivity contribution < 1.29 is 18.3 Å². The highest BCUT2D eigenvalue weighted by molar-refractivity contribution is 5.91. The molecule has 9 heteroatoms. The molecule has 1 amide bonds. The van der Waals surface area contributed by atoms with Crippen molar-refractivity contribution >= 4 is 11.9 Å². The van der Waals surface area contributed by atoms with E-state index in [1.807, 2.05) is 0 Å². The normalized spacial score (nSPS) is 18.4. The molecule has 0 radical (unpaired) electrons. The van der Waals surface area contributed by atoms with Crippen molar-refractivity contribution in [3.05, 3.63) is 0 Å². The van der Waals surface area contributed by atoms with Crippen LogP contribution in [0.1, 0.15) is 12.8 Å². The van der Waals surface area contributed by atoms with Crippen LogP contribution >= 0.6 is 0 Å². The summed E-state index contributed by atoms with van der Waals surface area (Å²) in [5.74, 6) is -3.72. The van der Waals surface area contributed by atoms with Crippen molar-refractivity contribution in [3.8, 4) is 0 Å². The van der Waals surface area contributed by atoms with Crippen LogP contribution in [0.25, 0.3) is 0 Å². The van der Waals surface area contributed by atoms with Crippen molar-refractivity contribution in [1.82, 2.24) is 20.2 Å². The Bertz CT molecular complexity index is 428. The number of tetrazole rings is 1. The smallest absolute Gasteiger partial charge is 0.249 e. The molecule has 1 aromatic heterocycles. The second-order valence-corrected chi connectivity index (χ2v) is 4.17. The number of anilines is 1. The van der Waals surface area contributed by atoms with Gasteiger partial charge in [0.2, 0.25) is 17.8 Å². The summed E-state index contributed by atoms with van der Waals surface area (Å²) < 4.78 is 31.5. The summed E-state index contributed by atoms with van der Waals surface area (Å²) in [6.07, 6.45) is -0.836. The van der Waals surface area contributed by atoms with Crippen molar-refractivity contribution in [2.24, 2.45) is 5.92 Å². The van der Waals surface area contributed by atoms with Gasteiger partial charge in [0, 0.05) is 25.9 Å². The first-order chi connectivity index (χ1) is 8.52. The van der Waals surface area contributed by atoms with Crippen LogP contribution in [-0.4, -0.2) is 45.8 Å². The lowest BCUT2D eigenvalue weighted by atomic mass is 9.81. The molecular weight excluding hydrogens is 248 g/mol. The number of alkyl halides is 2. The van der Waals surface area contributed by atoms with Gasteiger partial charge >= 0.3 is 0 Å². The van der Waals surface area contributed by atoms with Crippen LogP contribution in [0, 0.1) is 5.92 Å². The minimum absolute atomic E-state index is 0.146. The van der Waals surface area contributed by atoms with Gasteiger partial charge in [0.15, 0.2) is 0 Å². The summed E-state index contributed by atoms with van der Waals surface area (Å²) in [4.78, 5) is 11.6. The van der Waals surface area contributed by atoms with Crippen LogP contribution < -0.4 is 5.32 Å². The number of hydrogen-bond donors (Lipinski definition) is 1. The molecule has 0 atom stereocenters. The summed E-state index contributed by atoms with van der Waals surface area (Å²) in [5, 5.41) is 13.1. The lowest BCUT2D eigenvalue weighted by Gasteiger charge is -2.33. The number of rotatable bonds is 5. The molecular formula is C9H13F2N5O2. The highest BCUT2D eigenvalue weighted by Crippen LogP contribution is 2.42. The third-order valence-corrected chi connectivity index (χ3v) is 2.73. The summed E-state index contributed by atoms with van der Waals surface area (Å²) in [5.41, 5.74) is 0. The molecule has 0 aromatic carbocycles. The number of hydrogen-bond acceptors (Lipinski definition) is 5. The monoisotopic (exact) mass is 261 g/mol. The van der Waals surface area contributed by atoms with Crippen molar-refractivity contribution in [2.75, 3.05) is 19.0 Å². The van der Waals surface area contributed by atoms with E-state index in [0.29, 0.717) is 13.2 Å². The van der Waals surface area contributed by atoms with Crippen LogP contribution in [0.4, 0.5) is 14.7 Å². The zero-order valence-corrected chi connectivity index (χ0v) is 9.77. The van der Waals surface area contributed by atoms with Gasteiger partial charge < -0.3 is 4.74 Å². The molecule has 1 aliphatic carbocycles. The predicted molar refractivity (Wildman–Crippen MR) is 56.0 cm³/mol. The van der Waals surface area contributed by atoms with Crippen LogP contribution in [0.15, 0.2) is 0 Å². The van der Waals surface area contributed by atoms with E-state index >= 15 is 0 Å². The fourth-order valence-corrected chi connectivity index (χ4v) is 1.68. The standard InChI is InChI=1S/C9H13F2N5O2/c1-18-3-2-16-8(13-14-15-16)12-7(17)6-4-9(10,11)5-6/h6H,2-5H2,1H3,(H,12,13,15,17). The van der Waals surface area contributed by atoms with Crippen LogP contribution in [0.3, 0.4) is 0 Å². The lowest BCUT2D eigenvalue weighted by molar-refractivity contribution is -0.145. The Morgan fingerprint density at radius 3 is 2.94 bits per heavy atom. The molecule has 100 valence electrons. The number of nitrogens with zero attached hydrogens (tertiary/aromatic N) is 4. The Hall–Kier alpha value is -1.64. The molecule has 1 aromatic rings. The Labute approximate surface area is 101 Å². The number of carbonyl (C=O) groups excluding carboxylic acids is 1. The molecule has 1 fully saturated rings. The molecule has 0 aliphatic heterocycles. The molecule has 0 saturated heterocycles. The van der Waals surface area contributed by atoms with Gasteiger partial charge in [-0.3, -0.25) is 10.1 Å². The SMILES string of the molecule is COCCn1nnnc1NC(=O)C1CC(F)(F)C1. The summed E-state index contributed by atoms with van der Waals surface area (Å²) in [7, 11) is 1.53. The Morgan fingerprint density at radius 2 is 2.33 bits per heavy atom. The summed E-state index contributed by atoms with van der Waals surface area (Å²) in [6.45, 7) is 0.759. The average Bonchev–Trinajstić information content (AvgIpc) is 2.70. The maximum Gasteiger partial charge on any atom is 0.249 e. The fourth-order valence-electron chi connectivity index (χ4n) is 1.68. The van der Waals surface area contributed by atoms with Gasteiger partial charge in [0.05, 0.1) is 13.2 Å². The van der Waals surface area contributed by atoms with E-state index in [9.17, 15) is 13.6 Å². The highest BCUT2D eigenvalue weighted by atomic mass is 19.3. The van der Waals surface area contributed by atoms with Crippen molar-refractivity contribution in [1.29, 1.82) is 0 Å². The number of methoxy groups -OCH3 is 1. The lowest BCUT2D eigenvalue weighted by Crippen LogP contribution is -2.42. The van der Waals surface area contributed by atoms with Gasteiger partial charge in [-0.15, -0.1) is 0 Å². The Morgan fingerprint density at radius 1 is 1.61 bits per heavy atom. The second-order valence-electron chi connectivity index (χ2n) is 4.17. The minimum Gasteiger partial charge on any atom is -0.383 e. The maximum atomic E-state index is 12.6. The van der Waals surface area contributed by atoms with E-state index < -0.39 is 30.6 Å². The molecule has 1 saturated carbocycles. The third kappa shape index (κ3) is 2.78. The number of aromatic nitrogens is 4. The Kier molecular flexibility index (Phi) is 3.50. The van der Waals surface area contributed by atoms with Gasteiger partial charge in [0.25, 0.3) is 0 Å². The molecule has 2 rings (SSSR count). The van der Waals surface area contributed by atoms with Crippen molar-refractivity contribution in [2.45, 2.75) is 25.3 Å². The summed E-state index contributed by atoms with van der Waals surface area (Å²) in [6, 6.07) is 0. The third-order valence-electron chi connectivity index (χ3n) is 2.73. The van der Waals surface area contributed by atoms with Gasteiger partial charge in [0.1, 0.15) is 0 Å². The van der Waals surface area contributed by atoms with Gasteiger partial charge in [-0.1, -0.05) is 5.10 Å². The number of nitrogens with one attached hydrogen (secondary N) is 1. The first-order valence-corrected chi connectivity index (χ1v) is 5.45. The average molecular weight is 261 g/mol. The number of amides is 1. The number of halogens is 2.